The number of ether oxygens (including phenoxy) is 2. The Morgan fingerprint density at radius 2 is 1.58 bits per heavy atom. The number of nitrogens with zero attached hydrogens (tertiary/aromatic N) is 1. The van der Waals surface area contributed by atoms with E-state index in [9.17, 15) is 19.2 Å². The molecule has 2 atom stereocenters. The van der Waals surface area contributed by atoms with Crippen LogP contribution in [0.5, 0.6) is 0 Å². The highest BCUT2D eigenvalue weighted by atomic mass is 32.2. The molecule has 38 heavy (non-hydrogen) atoms. The van der Waals surface area contributed by atoms with Gasteiger partial charge in [0.25, 0.3) is 5.91 Å². The minimum Gasteiger partial charge on any atom is -0.456 e. The molecule has 0 saturated carbocycles. The Hall–Kier alpha value is -3.85. The van der Waals surface area contributed by atoms with Gasteiger partial charge in [0.2, 0.25) is 5.91 Å². The van der Waals surface area contributed by atoms with E-state index in [1.165, 1.54) is 23.6 Å². The fraction of sp³-hybridized carbons (Fsp3) is 0.310. The van der Waals surface area contributed by atoms with Gasteiger partial charge in [0.15, 0.2) is 6.10 Å². The van der Waals surface area contributed by atoms with E-state index in [2.05, 4.69) is 11.9 Å². The topological polar surface area (TPSA) is 102 Å². The molecule has 1 fully saturated rings. The maximum Gasteiger partial charge on any atom is 0.356 e. The van der Waals surface area contributed by atoms with Crippen molar-refractivity contribution in [1.82, 2.24) is 10.2 Å². The average Bonchev–Trinajstić information content (AvgIpc) is 2.88. The highest BCUT2D eigenvalue weighted by molar-refractivity contribution is 8.00. The lowest BCUT2D eigenvalue weighted by molar-refractivity contribution is -0.154. The van der Waals surface area contributed by atoms with Gasteiger partial charge < -0.3 is 14.8 Å². The highest BCUT2D eigenvalue weighted by Gasteiger charge is 2.55. The summed E-state index contributed by atoms with van der Waals surface area (Å²) in [4.78, 5) is 52.9. The van der Waals surface area contributed by atoms with Gasteiger partial charge >= 0.3 is 11.9 Å². The fourth-order valence-electron chi connectivity index (χ4n) is 4.27. The zero-order valence-corrected chi connectivity index (χ0v) is 22.5. The standard InChI is InChI=1S/C29H30N2O6S/c1-17(27(34)37-29(3,4)5)21-16-38-26-22(30-18(2)32)25(33)31(26)23(21)28(35)36-24(19-12-8-6-9-13-19)20-14-10-7-11-15-20/h6-15,22,24,26H,1,16H2,2-5H3,(H,30,32)/t22?,26-/m1/s1. The van der Waals surface area contributed by atoms with E-state index < -0.39 is 41.0 Å². The second-order valence-corrected chi connectivity index (χ2v) is 11.1. The van der Waals surface area contributed by atoms with Crippen molar-refractivity contribution in [1.29, 1.82) is 0 Å². The number of esters is 2. The predicted octanol–water partition coefficient (Wildman–Crippen LogP) is 3.89. The lowest BCUT2D eigenvalue weighted by atomic mass is 9.98. The summed E-state index contributed by atoms with van der Waals surface area (Å²) in [6.07, 6.45) is -0.760. The normalized spacial score (nSPS) is 18.9. The average molecular weight is 535 g/mol. The molecule has 2 amide bonds. The van der Waals surface area contributed by atoms with E-state index in [1.54, 1.807) is 20.8 Å². The number of hydrogen-bond donors (Lipinski definition) is 1. The van der Waals surface area contributed by atoms with Crippen LogP contribution in [0.25, 0.3) is 0 Å². The lowest BCUT2D eigenvalue weighted by Gasteiger charge is -2.49. The number of carbonyl (C=O) groups is 4. The third-order valence-corrected chi connectivity index (χ3v) is 7.24. The number of carbonyl (C=O) groups excluding carboxylic acids is 4. The maximum absolute atomic E-state index is 13.9. The Bertz CT molecular complexity index is 1260. The summed E-state index contributed by atoms with van der Waals surface area (Å²) >= 11 is 1.33. The smallest absolute Gasteiger partial charge is 0.356 e. The van der Waals surface area contributed by atoms with Crippen molar-refractivity contribution < 1.29 is 28.7 Å². The molecule has 2 heterocycles. The van der Waals surface area contributed by atoms with Crippen LogP contribution >= 0.6 is 11.8 Å². The molecule has 0 aliphatic carbocycles. The van der Waals surface area contributed by atoms with Crippen molar-refractivity contribution in [2.24, 2.45) is 0 Å². The highest BCUT2D eigenvalue weighted by Crippen LogP contribution is 2.43. The van der Waals surface area contributed by atoms with Gasteiger partial charge in [-0.3, -0.25) is 14.5 Å². The summed E-state index contributed by atoms with van der Waals surface area (Å²) < 4.78 is 11.5. The first-order valence-electron chi connectivity index (χ1n) is 12.2. The first-order valence-corrected chi connectivity index (χ1v) is 13.2. The number of nitrogens with one attached hydrogen (secondary N) is 1. The molecule has 2 aromatic carbocycles. The van der Waals surface area contributed by atoms with E-state index in [0.29, 0.717) is 0 Å². The third kappa shape index (κ3) is 5.67. The SMILES string of the molecule is C=C(C(=O)OC(C)(C)C)C1=C(C(=O)OC(c2ccccc2)c2ccccc2)N2C(=O)C(NC(C)=O)[C@H]2SC1. The first-order chi connectivity index (χ1) is 18.0. The van der Waals surface area contributed by atoms with Crippen LogP contribution in [0, 0.1) is 0 Å². The van der Waals surface area contributed by atoms with Crippen LogP contribution in [0.1, 0.15) is 44.9 Å². The molecule has 2 aromatic rings. The van der Waals surface area contributed by atoms with Crippen molar-refractivity contribution >= 4 is 35.5 Å². The van der Waals surface area contributed by atoms with Gasteiger partial charge in [-0.15, -0.1) is 11.8 Å². The number of hydrogen-bond acceptors (Lipinski definition) is 7. The van der Waals surface area contributed by atoms with Crippen LogP contribution in [0.15, 0.2) is 84.1 Å². The maximum atomic E-state index is 13.9. The van der Waals surface area contributed by atoms with Crippen molar-refractivity contribution in [3.8, 4) is 0 Å². The Morgan fingerprint density at radius 1 is 1.03 bits per heavy atom. The van der Waals surface area contributed by atoms with Crippen LogP contribution < -0.4 is 5.32 Å². The number of amides is 2. The molecule has 1 N–H and O–H groups in total. The Labute approximate surface area is 226 Å². The summed E-state index contributed by atoms with van der Waals surface area (Å²) in [5, 5.41) is 2.12. The van der Waals surface area contributed by atoms with Crippen LogP contribution in [0.4, 0.5) is 0 Å². The lowest BCUT2D eigenvalue weighted by Crippen LogP contribution is -2.70. The van der Waals surface area contributed by atoms with Gasteiger partial charge in [-0.1, -0.05) is 67.2 Å². The molecule has 9 heteroatoms. The number of benzene rings is 2. The molecule has 4 rings (SSSR count). The number of fused-ring (bicyclic) bond motifs is 1. The van der Waals surface area contributed by atoms with Crippen molar-refractivity contribution in [2.75, 3.05) is 5.75 Å². The largest absolute Gasteiger partial charge is 0.456 e. The number of β-lactam (4-membered cyclic amide) rings is 1. The molecule has 1 unspecified atom stereocenters. The third-order valence-electron chi connectivity index (χ3n) is 5.96. The summed E-state index contributed by atoms with van der Waals surface area (Å²) in [5.41, 5.74) is 0.888. The van der Waals surface area contributed by atoms with Crippen molar-refractivity contribution in [3.63, 3.8) is 0 Å². The monoisotopic (exact) mass is 534 g/mol. The molecule has 8 nitrogen and oxygen atoms in total. The van der Waals surface area contributed by atoms with E-state index in [-0.39, 0.29) is 28.5 Å². The van der Waals surface area contributed by atoms with Crippen LogP contribution in [0.2, 0.25) is 0 Å². The summed E-state index contributed by atoms with van der Waals surface area (Å²) in [6, 6.07) is 17.7. The van der Waals surface area contributed by atoms with E-state index in [4.69, 9.17) is 9.47 Å². The van der Waals surface area contributed by atoms with E-state index in [1.807, 2.05) is 60.7 Å². The molecule has 0 radical (unpaired) electrons. The van der Waals surface area contributed by atoms with Crippen LogP contribution in [-0.4, -0.2) is 51.4 Å². The second-order valence-electron chi connectivity index (χ2n) is 10.0. The van der Waals surface area contributed by atoms with Gasteiger partial charge in [0.05, 0.1) is 5.57 Å². The molecule has 1 saturated heterocycles. The quantitative estimate of drug-likeness (QED) is 0.327. The Kier molecular flexibility index (Phi) is 7.78. The molecule has 0 bridgehead atoms. The van der Waals surface area contributed by atoms with Crippen LogP contribution in [-0.2, 0) is 28.7 Å². The van der Waals surface area contributed by atoms with E-state index in [0.717, 1.165) is 11.1 Å². The minimum absolute atomic E-state index is 0.0235. The number of rotatable bonds is 7. The second kappa shape index (κ2) is 10.9. The zero-order valence-electron chi connectivity index (χ0n) is 21.7. The number of thioether (sulfide) groups is 1. The van der Waals surface area contributed by atoms with Gasteiger partial charge in [-0.2, -0.15) is 0 Å². The van der Waals surface area contributed by atoms with Crippen molar-refractivity contribution in [3.05, 3.63) is 95.2 Å². The van der Waals surface area contributed by atoms with Crippen LogP contribution in [0.3, 0.4) is 0 Å². The summed E-state index contributed by atoms with van der Waals surface area (Å²) in [5.74, 6) is -2.08. The predicted molar refractivity (Wildman–Crippen MR) is 144 cm³/mol. The first kappa shape index (κ1) is 27.2. The van der Waals surface area contributed by atoms with Gasteiger partial charge in [-0.05, 0) is 31.9 Å². The Morgan fingerprint density at radius 3 is 2.08 bits per heavy atom. The van der Waals surface area contributed by atoms with Crippen molar-refractivity contribution in [2.45, 2.75) is 50.8 Å². The molecular formula is C29H30N2O6S. The Balaban J connectivity index is 1.74. The molecule has 2 aliphatic rings. The minimum atomic E-state index is -0.782. The van der Waals surface area contributed by atoms with Gasteiger partial charge in [-0.25, -0.2) is 9.59 Å². The fourth-order valence-corrected chi connectivity index (χ4v) is 5.65. The summed E-state index contributed by atoms with van der Waals surface area (Å²) in [6.45, 7) is 10.4. The summed E-state index contributed by atoms with van der Waals surface area (Å²) in [7, 11) is 0. The molecule has 0 spiro atoms. The molecule has 198 valence electrons. The molecule has 2 aliphatic heterocycles. The zero-order chi connectivity index (χ0) is 27.6. The molecular weight excluding hydrogens is 504 g/mol. The molecule has 0 aromatic heterocycles. The van der Waals surface area contributed by atoms with E-state index >= 15 is 0 Å². The van der Waals surface area contributed by atoms with Gasteiger partial charge in [0.1, 0.15) is 22.7 Å². The van der Waals surface area contributed by atoms with Gasteiger partial charge in [0, 0.05) is 18.2 Å².